The van der Waals surface area contributed by atoms with Crippen LogP contribution in [-0.2, 0) is 21.4 Å². The molecule has 1 atom stereocenters. The van der Waals surface area contributed by atoms with Gasteiger partial charge in [0.05, 0.1) is 11.1 Å². The molecule has 3 aromatic carbocycles. The summed E-state index contributed by atoms with van der Waals surface area (Å²) in [5.41, 5.74) is 5.20. The summed E-state index contributed by atoms with van der Waals surface area (Å²) in [4.78, 5) is 12.9. The molecule has 0 saturated carbocycles. The standard InChI is InChI=1S/C27H31N3O4S/c1-20(2)16-26(30-35(32,33)25-14-12-21(3)13-15-25)27(31)29-28-18-23-10-7-11-24(17-23)34-19-22-8-5-4-6-9-22/h4-15,17-18,20,26,30H,16,19H2,1-3H3,(H,29,31)/b28-18-/t26-/m1/s1. The van der Waals surface area contributed by atoms with Crippen molar-refractivity contribution in [3.05, 3.63) is 95.6 Å². The Morgan fingerprint density at radius 2 is 1.71 bits per heavy atom. The van der Waals surface area contributed by atoms with Crippen molar-refractivity contribution < 1.29 is 17.9 Å². The van der Waals surface area contributed by atoms with Crippen LogP contribution in [0.1, 0.15) is 37.0 Å². The van der Waals surface area contributed by atoms with E-state index in [-0.39, 0.29) is 10.8 Å². The molecule has 0 radical (unpaired) electrons. The van der Waals surface area contributed by atoms with E-state index in [0.717, 1.165) is 16.7 Å². The number of aryl methyl sites for hydroxylation is 1. The van der Waals surface area contributed by atoms with E-state index >= 15 is 0 Å². The van der Waals surface area contributed by atoms with Crippen LogP contribution in [0.2, 0.25) is 0 Å². The van der Waals surface area contributed by atoms with Crippen LogP contribution in [0.4, 0.5) is 0 Å². The van der Waals surface area contributed by atoms with Crippen LogP contribution in [0.15, 0.2) is 88.9 Å². The SMILES string of the molecule is Cc1ccc(S(=O)(=O)N[C@H](CC(C)C)C(=O)N/N=C\c2cccc(OCc3ccccc3)c2)cc1. The largest absolute Gasteiger partial charge is 0.489 e. The molecule has 0 heterocycles. The molecule has 0 unspecified atom stereocenters. The zero-order valence-electron chi connectivity index (χ0n) is 20.1. The van der Waals surface area contributed by atoms with Crippen molar-refractivity contribution in [2.75, 3.05) is 0 Å². The Bertz CT molecular complexity index is 1240. The fourth-order valence-electron chi connectivity index (χ4n) is 3.33. The zero-order chi connectivity index (χ0) is 25.3. The minimum Gasteiger partial charge on any atom is -0.489 e. The first kappa shape index (κ1) is 26.1. The van der Waals surface area contributed by atoms with E-state index in [0.29, 0.717) is 18.8 Å². The van der Waals surface area contributed by atoms with Gasteiger partial charge in [0.1, 0.15) is 18.4 Å². The summed E-state index contributed by atoms with van der Waals surface area (Å²) in [6.45, 7) is 6.16. The summed E-state index contributed by atoms with van der Waals surface area (Å²) < 4.78 is 33.9. The average Bonchev–Trinajstić information content (AvgIpc) is 2.83. The number of hydrogen-bond donors (Lipinski definition) is 2. The third-order valence-electron chi connectivity index (χ3n) is 5.15. The molecule has 0 spiro atoms. The van der Waals surface area contributed by atoms with Gasteiger partial charge in [0.2, 0.25) is 10.0 Å². The highest BCUT2D eigenvalue weighted by Crippen LogP contribution is 2.15. The Morgan fingerprint density at radius 1 is 1.00 bits per heavy atom. The van der Waals surface area contributed by atoms with Crippen molar-refractivity contribution in [1.82, 2.24) is 10.1 Å². The maximum absolute atomic E-state index is 12.8. The minimum atomic E-state index is -3.86. The van der Waals surface area contributed by atoms with Crippen molar-refractivity contribution in [1.29, 1.82) is 0 Å². The van der Waals surface area contributed by atoms with E-state index in [2.05, 4.69) is 15.2 Å². The predicted octanol–water partition coefficient (Wildman–Crippen LogP) is 4.42. The van der Waals surface area contributed by atoms with E-state index in [1.54, 1.807) is 12.1 Å². The minimum absolute atomic E-state index is 0.0916. The van der Waals surface area contributed by atoms with Crippen molar-refractivity contribution in [2.24, 2.45) is 11.0 Å². The molecule has 2 N–H and O–H groups in total. The fourth-order valence-corrected chi connectivity index (χ4v) is 4.54. The van der Waals surface area contributed by atoms with Crippen LogP contribution in [0.5, 0.6) is 5.75 Å². The molecule has 184 valence electrons. The normalized spacial score (nSPS) is 12.6. The lowest BCUT2D eigenvalue weighted by atomic mass is 10.0. The predicted molar refractivity (Wildman–Crippen MR) is 138 cm³/mol. The summed E-state index contributed by atoms with van der Waals surface area (Å²) in [6.07, 6.45) is 1.82. The van der Waals surface area contributed by atoms with Gasteiger partial charge in [-0.2, -0.15) is 9.82 Å². The maximum Gasteiger partial charge on any atom is 0.258 e. The van der Waals surface area contributed by atoms with E-state index in [4.69, 9.17) is 4.74 Å². The number of benzene rings is 3. The quantitative estimate of drug-likeness (QED) is 0.305. The number of rotatable bonds is 11. The molecular weight excluding hydrogens is 462 g/mol. The van der Waals surface area contributed by atoms with Crippen LogP contribution in [0.25, 0.3) is 0 Å². The first-order chi connectivity index (χ1) is 16.7. The van der Waals surface area contributed by atoms with Gasteiger partial charge in [-0.3, -0.25) is 4.79 Å². The van der Waals surface area contributed by atoms with Gasteiger partial charge < -0.3 is 4.74 Å². The molecule has 0 bridgehead atoms. The molecule has 1 amide bonds. The highest BCUT2D eigenvalue weighted by atomic mass is 32.2. The summed E-state index contributed by atoms with van der Waals surface area (Å²) >= 11 is 0. The van der Waals surface area contributed by atoms with Crippen LogP contribution in [-0.4, -0.2) is 26.6 Å². The number of nitrogens with one attached hydrogen (secondary N) is 2. The molecule has 0 aliphatic heterocycles. The smallest absolute Gasteiger partial charge is 0.258 e. The van der Waals surface area contributed by atoms with E-state index in [1.807, 2.05) is 75.4 Å². The second kappa shape index (κ2) is 12.3. The number of carbonyl (C=O) groups excluding carboxylic acids is 1. The highest BCUT2D eigenvalue weighted by molar-refractivity contribution is 7.89. The number of hydrogen-bond acceptors (Lipinski definition) is 5. The second-order valence-corrected chi connectivity index (χ2v) is 10.4. The van der Waals surface area contributed by atoms with Gasteiger partial charge in [-0.1, -0.05) is 74.0 Å². The maximum atomic E-state index is 12.8. The van der Waals surface area contributed by atoms with Crippen molar-refractivity contribution in [2.45, 2.75) is 44.7 Å². The molecule has 3 rings (SSSR count). The lowest BCUT2D eigenvalue weighted by molar-refractivity contribution is -0.123. The lowest BCUT2D eigenvalue weighted by Gasteiger charge is -2.19. The third-order valence-corrected chi connectivity index (χ3v) is 6.63. The Balaban J connectivity index is 1.62. The Kier molecular flexibility index (Phi) is 9.17. The summed E-state index contributed by atoms with van der Waals surface area (Å²) in [5.74, 6) is 0.240. The first-order valence-electron chi connectivity index (χ1n) is 11.4. The molecule has 0 aromatic heterocycles. The number of nitrogens with zero attached hydrogens (tertiary/aromatic N) is 1. The average molecular weight is 494 g/mol. The summed E-state index contributed by atoms with van der Waals surface area (Å²) in [6, 6.07) is 22.7. The molecule has 35 heavy (non-hydrogen) atoms. The van der Waals surface area contributed by atoms with Gasteiger partial charge in [-0.05, 0) is 54.7 Å². The van der Waals surface area contributed by atoms with Crippen molar-refractivity contribution in [3.8, 4) is 5.75 Å². The Hall–Kier alpha value is -3.49. The number of amides is 1. The van der Waals surface area contributed by atoms with E-state index in [1.165, 1.54) is 18.3 Å². The number of carbonyl (C=O) groups is 1. The molecule has 0 fully saturated rings. The molecule has 0 saturated heterocycles. The first-order valence-corrected chi connectivity index (χ1v) is 12.9. The summed E-state index contributed by atoms with van der Waals surface area (Å²) in [5, 5.41) is 4.03. The van der Waals surface area contributed by atoms with E-state index in [9.17, 15) is 13.2 Å². The van der Waals surface area contributed by atoms with E-state index < -0.39 is 22.0 Å². The van der Waals surface area contributed by atoms with Crippen molar-refractivity contribution >= 4 is 22.1 Å². The van der Waals surface area contributed by atoms with Gasteiger partial charge in [-0.25, -0.2) is 13.8 Å². The van der Waals surface area contributed by atoms with Crippen LogP contribution >= 0.6 is 0 Å². The second-order valence-electron chi connectivity index (χ2n) is 8.70. The number of sulfonamides is 1. The van der Waals surface area contributed by atoms with Gasteiger partial charge >= 0.3 is 0 Å². The van der Waals surface area contributed by atoms with Crippen LogP contribution in [0.3, 0.4) is 0 Å². The third kappa shape index (κ3) is 8.35. The molecule has 8 heteroatoms. The molecular formula is C27H31N3O4S. The van der Waals surface area contributed by atoms with Gasteiger partial charge in [0.15, 0.2) is 0 Å². The van der Waals surface area contributed by atoms with Crippen LogP contribution in [0, 0.1) is 12.8 Å². The van der Waals surface area contributed by atoms with Crippen molar-refractivity contribution in [3.63, 3.8) is 0 Å². The number of ether oxygens (including phenoxy) is 1. The lowest BCUT2D eigenvalue weighted by Crippen LogP contribution is -2.46. The molecule has 0 aliphatic rings. The van der Waals surface area contributed by atoms with Gasteiger partial charge in [0, 0.05) is 0 Å². The van der Waals surface area contributed by atoms with Gasteiger partial charge in [-0.15, -0.1) is 0 Å². The molecule has 7 nitrogen and oxygen atoms in total. The Labute approximate surface area is 207 Å². The highest BCUT2D eigenvalue weighted by Gasteiger charge is 2.26. The monoisotopic (exact) mass is 493 g/mol. The zero-order valence-corrected chi connectivity index (χ0v) is 21.0. The topological polar surface area (TPSA) is 96.9 Å². The Morgan fingerprint density at radius 3 is 2.40 bits per heavy atom. The summed E-state index contributed by atoms with van der Waals surface area (Å²) in [7, 11) is -3.86. The van der Waals surface area contributed by atoms with Gasteiger partial charge in [0.25, 0.3) is 5.91 Å². The molecule has 0 aliphatic carbocycles. The number of hydrazone groups is 1. The molecule has 3 aromatic rings. The van der Waals surface area contributed by atoms with Crippen LogP contribution < -0.4 is 14.9 Å². The fraction of sp³-hybridized carbons (Fsp3) is 0.259.